The Morgan fingerprint density at radius 2 is 1.76 bits per heavy atom. The van der Waals surface area contributed by atoms with Gasteiger partial charge in [-0.2, -0.15) is 0 Å². The normalized spacial score (nSPS) is 22.4. The van der Waals surface area contributed by atoms with Gasteiger partial charge in [-0.15, -0.1) is 0 Å². The molecule has 190 valence electrons. The number of para-hydroxylation sites is 2. The molecule has 6 heteroatoms. The molecule has 0 unspecified atom stereocenters. The summed E-state index contributed by atoms with van der Waals surface area (Å²) < 4.78 is 20.3. The maximum Gasteiger partial charge on any atom is 0.294 e. The molecule has 0 spiro atoms. The molecule has 3 aromatic carbocycles. The summed E-state index contributed by atoms with van der Waals surface area (Å²) in [5.41, 5.74) is 2.31. The fourth-order valence-electron chi connectivity index (χ4n) is 5.14. The van der Waals surface area contributed by atoms with Gasteiger partial charge in [0.1, 0.15) is 5.82 Å². The van der Waals surface area contributed by atoms with Crippen molar-refractivity contribution in [2.75, 3.05) is 4.90 Å². The molecule has 1 heterocycles. The van der Waals surface area contributed by atoms with Gasteiger partial charge in [-0.3, -0.25) is 14.5 Å². The largest absolute Gasteiger partial charge is 0.449 e. The van der Waals surface area contributed by atoms with E-state index in [9.17, 15) is 14.0 Å². The minimum atomic E-state index is -0.365. The van der Waals surface area contributed by atoms with Gasteiger partial charge < -0.3 is 10.1 Å². The standard InChI is InChI=1S/C31H31FN2O3/c1-20-8-7-11-26(21(20)2)33-30(35)23-16-14-22(15-17-23)18-29-31(36)34(19-24-9-3-4-10-25(24)32)27-12-5-6-13-28(27)37-29/h3-6,9-10,12-18,20-21,26H,7-8,11,19H2,1-2H3,(H,33,35)/b29-18-/t20-,21+,26-/m1/s1. The number of anilines is 1. The van der Waals surface area contributed by atoms with E-state index in [0.29, 0.717) is 34.4 Å². The number of nitrogens with zero attached hydrogens (tertiary/aromatic N) is 1. The van der Waals surface area contributed by atoms with Crippen LogP contribution in [0, 0.1) is 17.7 Å². The van der Waals surface area contributed by atoms with Crippen molar-refractivity contribution in [2.45, 2.75) is 45.7 Å². The number of carbonyl (C=O) groups is 2. The summed E-state index contributed by atoms with van der Waals surface area (Å²) in [5.74, 6) is 0.907. The minimum Gasteiger partial charge on any atom is -0.449 e. The van der Waals surface area contributed by atoms with Gasteiger partial charge in [0.2, 0.25) is 0 Å². The molecule has 37 heavy (non-hydrogen) atoms. The number of rotatable bonds is 5. The number of benzene rings is 3. The molecule has 2 aliphatic rings. The van der Waals surface area contributed by atoms with Crippen molar-refractivity contribution >= 4 is 23.6 Å². The number of carbonyl (C=O) groups excluding carboxylic acids is 2. The quantitative estimate of drug-likeness (QED) is 0.417. The first-order valence-corrected chi connectivity index (χ1v) is 12.9. The second-order valence-electron chi connectivity index (χ2n) is 10.0. The van der Waals surface area contributed by atoms with Crippen LogP contribution in [0.3, 0.4) is 0 Å². The molecule has 1 aliphatic carbocycles. The number of fused-ring (bicyclic) bond motifs is 1. The zero-order valence-corrected chi connectivity index (χ0v) is 21.1. The predicted octanol–water partition coefficient (Wildman–Crippen LogP) is 6.35. The zero-order valence-electron chi connectivity index (χ0n) is 21.1. The molecule has 1 saturated carbocycles. The molecule has 0 radical (unpaired) electrons. The van der Waals surface area contributed by atoms with E-state index in [1.54, 1.807) is 60.7 Å². The SMILES string of the molecule is C[C@H]1[C@H](C)CCC[C@H]1NC(=O)c1ccc(/C=C2\Oc3ccccc3N(Cc3ccccc3F)C2=O)cc1. The van der Waals surface area contributed by atoms with Gasteiger partial charge in [-0.1, -0.05) is 69.2 Å². The summed E-state index contributed by atoms with van der Waals surface area (Å²) in [6.45, 7) is 4.54. The Labute approximate surface area is 217 Å². The van der Waals surface area contributed by atoms with Gasteiger partial charge in [0.15, 0.2) is 11.5 Å². The summed E-state index contributed by atoms with van der Waals surface area (Å²) >= 11 is 0. The average molecular weight is 499 g/mol. The van der Waals surface area contributed by atoms with Gasteiger partial charge in [0, 0.05) is 17.2 Å². The minimum absolute atomic E-state index is 0.0832. The molecule has 5 rings (SSSR count). The predicted molar refractivity (Wildman–Crippen MR) is 143 cm³/mol. The first kappa shape index (κ1) is 24.8. The van der Waals surface area contributed by atoms with Crippen molar-refractivity contribution < 1.29 is 18.7 Å². The molecular formula is C31H31FN2O3. The summed E-state index contributed by atoms with van der Waals surface area (Å²) in [5, 5.41) is 3.20. The highest BCUT2D eigenvalue weighted by atomic mass is 19.1. The third-order valence-electron chi connectivity index (χ3n) is 7.61. The molecule has 3 aromatic rings. The van der Waals surface area contributed by atoms with Crippen LogP contribution in [-0.2, 0) is 11.3 Å². The molecule has 0 saturated heterocycles. The first-order valence-electron chi connectivity index (χ1n) is 12.9. The smallest absolute Gasteiger partial charge is 0.294 e. The van der Waals surface area contributed by atoms with E-state index in [4.69, 9.17) is 4.74 Å². The molecule has 3 atom stereocenters. The van der Waals surface area contributed by atoms with E-state index in [-0.39, 0.29) is 36.0 Å². The van der Waals surface area contributed by atoms with E-state index < -0.39 is 0 Å². The number of amides is 2. The maximum absolute atomic E-state index is 14.4. The van der Waals surface area contributed by atoms with Gasteiger partial charge in [0.05, 0.1) is 12.2 Å². The fraction of sp³-hybridized carbons (Fsp3) is 0.290. The van der Waals surface area contributed by atoms with Crippen molar-refractivity contribution in [3.63, 3.8) is 0 Å². The van der Waals surface area contributed by atoms with Gasteiger partial charge in [-0.25, -0.2) is 4.39 Å². The number of nitrogens with one attached hydrogen (secondary N) is 1. The second kappa shape index (κ2) is 10.6. The summed E-state index contributed by atoms with van der Waals surface area (Å²) in [6.07, 6.45) is 5.00. The van der Waals surface area contributed by atoms with Crippen LogP contribution in [0.2, 0.25) is 0 Å². The Morgan fingerprint density at radius 3 is 2.54 bits per heavy atom. The molecular weight excluding hydrogens is 467 g/mol. The van der Waals surface area contributed by atoms with Gasteiger partial charge in [0.25, 0.3) is 11.8 Å². The lowest BCUT2D eigenvalue weighted by molar-refractivity contribution is -0.117. The molecule has 5 nitrogen and oxygen atoms in total. The zero-order chi connectivity index (χ0) is 25.9. The van der Waals surface area contributed by atoms with Crippen LogP contribution in [0.5, 0.6) is 5.75 Å². The number of hydrogen-bond donors (Lipinski definition) is 1. The van der Waals surface area contributed by atoms with E-state index in [2.05, 4.69) is 19.2 Å². The molecule has 1 aliphatic heterocycles. The Kier molecular flexibility index (Phi) is 7.08. The number of hydrogen-bond acceptors (Lipinski definition) is 3. The Morgan fingerprint density at radius 1 is 1.03 bits per heavy atom. The third kappa shape index (κ3) is 5.29. The van der Waals surface area contributed by atoms with Gasteiger partial charge >= 0.3 is 0 Å². The van der Waals surface area contributed by atoms with Crippen LogP contribution >= 0.6 is 0 Å². The van der Waals surface area contributed by atoms with E-state index >= 15 is 0 Å². The number of ether oxygens (including phenoxy) is 1. The average Bonchev–Trinajstić information content (AvgIpc) is 2.90. The second-order valence-corrected chi connectivity index (χ2v) is 10.0. The highest BCUT2D eigenvalue weighted by Gasteiger charge is 2.31. The van der Waals surface area contributed by atoms with Crippen molar-refractivity contribution in [1.82, 2.24) is 5.32 Å². The maximum atomic E-state index is 14.4. The molecule has 2 amide bonds. The topological polar surface area (TPSA) is 58.6 Å². The molecule has 1 N–H and O–H groups in total. The Hall–Kier alpha value is -3.93. The first-order chi connectivity index (χ1) is 17.9. The number of halogens is 1. The van der Waals surface area contributed by atoms with Crippen LogP contribution < -0.4 is 15.0 Å². The molecule has 1 fully saturated rings. The summed E-state index contributed by atoms with van der Waals surface area (Å²) in [6, 6.07) is 20.9. The van der Waals surface area contributed by atoms with Crippen LogP contribution in [0.4, 0.5) is 10.1 Å². The van der Waals surface area contributed by atoms with Crippen molar-refractivity contribution in [2.24, 2.45) is 11.8 Å². The molecule has 0 bridgehead atoms. The van der Waals surface area contributed by atoms with Crippen molar-refractivity contribution in [3.8, 4) is 5.75 Å². The van der Waals surface area contributed by atoms with Gasteiger partial charge in [-0.05, 0) is 60.2 Å². The van der Waals surface area contributed by atoms with Crippen LogP contribution in [0.15, 0.2) is 78.6 Å². The lowest BCUT2D eigenvalue weighted by atomic mass is 9.78. The Bertz CT molecular complexity index is 1330. The van der Waals surface area contributed by atoms with Crippen LogP contribution in [0.1, 0.15) is 54.6 Å². The lowest BCUT2D eigenvalue weighted by Gasteiger charge is -2.34. The van der Waals surface area contributed by atoms with E-state index in [0.717, 1.165) is 18.4 Å². The van der Waals surface area contributed by atoms with E-state index in [1.165, 1.54) is 17.4 Å². The summed E-state index contributed by atoms with van der Waals surface area (Å²) in [7, 11) is 0. The van der Waals surface area contributed by atoms with Crippen molar-refractivity contribution in [3.05, 3.63) is 101 Å². The van der Waals surface area contributed by atoms with Crippen molar-refractivity contribution in [1.29, 1.82) is 0 Å². The van der Waals surface area contributed by atoms with E-state index in [1.807, 2.05) is 12.1 Å². The fourth-order valence-corrected chi connectivity index (χ4v) is 5.14. The lowest BCUT2D eigenvalue weighted by Crippen LogP contribution is -2.43. The highest BCUT2D eigenvalue weighted by Crippen LogP contribution is 2.37. The molecule has 0 aromatic heterocycles. The monoisotopic (exact) mass is 498 g/mol. The Balaban J connectivity index is 1.35. The van der Waals surface area contributed by atoms with Crippen LogP contribution in [0.25, 0.3) is 6.08 Å². The highest BCUT2D eigenvalue weighted by molar-refractivity contribution is 6.09. The summed E-state index contributed by atoms with van der Waals surface area (Å²) in [4.78, 5) is 27.8. The third-order valence-corrected chi connectivity index (χ3v) is 7.61. The van der Waals surface area contributed by atoms with Crippen LogP contribution in [-0.4, -0.2) is 17.9 Å².